The Balaban J connectivity index is -0.00000000167. The zero-order valence-corrected chi connectivity index (χ0v) is 5.29. The van der Waals surface area contributed by atoms with E-state index in [0.29, 0.717) is 0 Å². The maximum atomic E-state index is 6.47. The molecule has 0 rings (SSSR count). The average molecular weight is 93.5 g/mol. The van der Waals surface area contributed by atoms with Crippen molar-refractivity contribution in [3.05, 3.63) is 0 Å². The SMILES string of the molecule is N.OCl.[H-].[Na+]. The second kappa shape index (κ2) is 29.6. The molecule has 0 heterocycles. The van der Waals surface area contributed by atoms with Crippen LogP contribution in [0.1, 0.15) is 1.43 Å². The summed E-state index contributed by atoms with van der Waals surface area (Å²) < 4.78 is 6.47. The topological polar surface area (TPSA) is 55.2 Å². The van der Waals surface area contributed by atoms with Crippen LogP contribution in [0.5, 0.6) is 0 Å². The number of rotatable bonds is 0. The van der Waals surface area contributed by atoms with Crippen LogP contribution in [0.3, 0.4) is 0 Å². The van der Waals surface area contributed by atoms with Gasteiger partial charge in [0.2, 0.25) is 0 Å². The van der Waals surface area contributed by atoms with Crippen LogP contribution in [0.2, 0.25) is 0 Å². The van der Waals surface area contributed by atoms with E-state index in [1.165, 1.54) is 0 Å². The Kier molecular flexibility index (Phi) is 140. The monoisotopic (exact) mass is 93.0 g/mol. The zero-order chi connectivity index (χ0) is 2.00. The van der Waals surface area contributed by atoms with Gasteiger partial charge in [-0.25, -0.2) is 0 Å². The maximum Gasteiger partial charge on any atom is 1.00 e. The van der Waals surface area contributed by atoms with Gasteiger partial charge in [-0.15, -0.1) is 0 Å². The van der Waals surface area contributed by atoms with Gasteiger partial charge in [-0.2, -0.15) is 0 Å². The molecule has 0 aliphatic rings. The van der Waals surface area contributed by atoms with Crippen molar-refractivity contribution in [3.8, 4) is 0 Å². The Hall–Kier alpha value is 1.21. The quantitative estimate of drug-likeness (QED) is 0.323. The van der Waals surface area contributed by atoms with Crippen LogP contribution in [-0.2, 0) is 0 Å². The van der Waals surface area contributed by atoms with Gasteiger partial charge in [0, 0.05) is 0 Å². The summed E-state index contributed by atoms with van der Waals surface area (Å²) in [5.41, 5.74) is 0. The summed E-state index contributed by atoms with van der Waals surface area (Å²) in [5.74, 6) is 0. The molecule has 0 amide bonds. The predicted molar refractivity (Wildman–Crippen MR) is 14.2 cm³/mol. The molecule has 0 aromatic carbocycles. The van der Waals surface area contributed by atoms with Crippen LogP contribution in [0, 0.1) is 0 Å². The number of hydrogen-bond donors (Lipinski definition) is 2. The Labute approximate surface area is 53.7 Å². The largest absolute Gasteiger partial charge is 1.00 e. The second-order valence-corrected chi connectivity index (χ2v) is 0. The van der Waals surface area contributed by atoms with Crippen molar-refractivity contribution in [3.63, 3.8) is 0 Å². The minimum absolute atomic E-state index is 0. The Morgan fingerprint density at radius 3 is 1.50 bits per heavy atom. The Morgan fingerprint density at radius 2 is 1.50 bits per heavy atom. The zero-order valence-electron chi connectivity index (χ0n) is 3.53. The van der Waals surface area contributed by atoms with Crippen molar-refractivity contribution in [2.24, 2.45) is 0 Å². The molecule has 4 heavy (non-hydrogen) atoms. The molecule has 0 aliphatic heterocycles. The van der Waals surface area contributed by atoms with Crippen molar-refractivity contribution < 1.29 is 35.6 Å². The first-order chi connectivity index (χ1) is 1.00. The van der Waals surface area contributed by atoms with Gasteiger partial charge in [0.05, 0.1) is 11.9 Å². The molecule has 0 saturated heterocycles. The molecule has 0 aromatic rings. The number of halogens is 1. The van der Waals surface area contributed by atoms with Gasteiger partial charge in [-0.3, -0.25) is 4.66 Å². The minimum atomic E-state index is 0. The molecule has 24 valence electrons. The fourth-order valence-corrected chi connectivity index (χ4v) is 0. The summed E-state index contributed by atoms with van der Waals surface area (Å²) in [5, 5.41) is 0. The third-order valence-electron chi connectivity index (χ3n) is 0. The van der Waals surface area contributed by atoms with Gasteiger partial charge in [0.25, 0.3) is 0 Å². The summed E-state index contributed by atoms with van der Waals surface area (Å²) in [6.45, 7) is 0. The second-order valence-electron chi connectivity index (χ2n) is 0. The summed E-state index contributed by atoms with van der Waals surface area (Å²) in [7, 11) is 0. The Morgan fingerprint density at radius 1 is 1.50 bits per heavy atom. The van der Waals surface area contributed by atoms with E-state index < -0.39 is 0 Å². The molecule has 4 N–H and O–H groups in total. The summed E-state index contributed by atoms with van der Waals surface area (Å²) >= 11 is 3.64. The molecule has 0 radical (unpaired) electrons. The van der Waals surface area contributed by atoms with Crippen LogP contribution >= 0.6 is 11.9 Å². The van der Waals surface area contributed by atoms with Gasteiger partial charge in [0.15, 0.2) is 0 Å². The molecule has 0 aromatic heterocycles. The smallest absolute Gasteiger partial charge is 1.00 e. The van der Waals surface area contributed by atoms with Crippen LogP contribution < -0.4 is 35.7 Å². The van der Waals surface area contributed by atoms with E-state index in [9.17, 15) is 0 Å². The van der Waals surface area contributed by atoms with E-state index in [1.807, 2.05) is 0 Å². The molecule has 0 saturated carbocycles. The van der Waals surface area contributed by atoms with Crippen LogP contribution in [-0.4, -0.2) is 4.66 Å². The summed E-state index contributed by atoms with van der Waals surface area (Å²) in [6.07, 6.45) is 0. The minimum Gasteiger partial charge on any atom is -1.00 e. The van der Waals surface area contributed by atoms with Crippen molar-refractivity contribution >= 4 is 11.9 Å². The van der Waals surface area contributed by atoms with Gasteiger partial charge in [-0.05, 0) is 0 Å². The third-order valence-corrected chi connectivity index (χ3v) is 0. The van der Waals surface area contributed by atoms with Crippen molar-refractivity contribution in [1.82, 2.24) is 6.15 Å². The predicted octanol–water partition coefficient (Wildman–Crippen LogP) is -2.59. The first kappa shape index (κ1) is 18.9. The molecule has 0 bridgehead atoms. The van der Waals surface area contributed by atoms with Gasteiger partial charge in [0.1, 0.15) is 0 Å². The maximum absolute atomic E-state index is 6.47. The average Bonchev–Trinajstić information content (AvgIpc) is 1.00. The van der Waals surface area contributed by atoms with E-state index in [4.69, 9.17) is 4.66 Å². The molecular formula is H5ClNNaO. The molecule has 4 heteroatoms. The van der Waals surface area contributed by atoms with Crippen LogP contribution in [0.15, 0.2) is 0 Å². The molecule has 0 spiro atoms. The van der Waals surface area contributed by atoms with Crippen LogP contribution in [0.25, 0.3) is 0 Å². The van der Waals surface area contributed by atoms with E-state index in [2.05, 4.69) is 11.9 Å². The Bertz CT molecular complexity index is 11.6. The van der Waals surface area contributed by atoms with Crippen molar-refractivity contribution in [2.75, 3.05) is 0 Å². The van der Waals surface area contributed by atoms with E-state index in [1.54, 1.807) is 0 Å². The molecular weight excluding hydrogens is 88.4 g/mol. The van der Waals surface area contributed by atoms with Gasteiger partial charge in [-0.1, -0.05) is 0 Å². The third kappa shape index (κ3) is 10.7. The normalized spacial score (nSPS) is 1.50. The van der Waals surface area contributed by atoms with E-state index >= 15 is 0 Å². The van der Waals surface area contributed by atoms with E-state index in [0.717, 1.165) is 0 Å². The first-order valence-electron chi connectivity index (χ1n) is 0.169. The molecule has 0 atom stereocenters. The van der Waals surface area contributed by atoms with Gasteiger partial charge >= 0.3 is 29.6 Å². The van der Waals surface area contributed by atoms with Crippen LogP contribution in [0.4, 0.5) is 0 Å². The fourth-order valence-electron chi connectivity index (χ4n) is 0. The fraction of sp³-hybridized carbons (Fsp3) is 0. The summed E-state index contributed by atoms with van der Waals surface area (Å²) in [6, 6.07) is 0. The van der Waals surface area contributed by atoms with Crippen molar-refractivity contribution in [2.45, 2.75) is 0 Å². The summed E-state index contributed by atoms with van der Waals surface area (Å²) in [4.78, 5) is 0. The first-order valence-corrected chi connectivity index (χ1v) is 0.507. The standard InChI is InChI=1S/ClHO.H3N.Na.H/c1-2;;;/h2H;1H3;;/q;;+1;-1. The molecule has 0 unspecified atom stereocenters. The molecule has 0 aliphatic carbocycles. The molecule has 2 nitrogen and oxygen atoms in total. The van der Waals surface area contributed by atoms with Crippen molar-refractivity contribution in [1.29, 1.82) is 0 Å². The van der Waals surface area contributed by atoms with E-state index in [-0.39, 0.29) is 37.1 Å². The molecule has 0 fully saturated rings. The van der Waals surface area contributed by atoms with Gasteiger partial charge < -0.3 is 7.58 Å². The number of hydrogen-bond acceptors (Lipinski definition) is 2.